The molecule has 0 saturated carbocycles. The summed E-state index contributed by atoms with van der Waals surface area (Å²) in [6.07, 6.45) is 0.224. The predicted molar refractivity (Wildman–Crippen MR) is 55.3 cm³/mol. The van der Waals surface area contributed by atoms with Gasteiger partial charge in [-0.05, 0) is 6.42 Å². The zero-order valence-corrected chi connectivity index (χ0v) is 10.3. The lowest BCUT2D eigenvalue weighted by Crippen LogP contribution is -1.99. The Labute approximate surface area is 91.5 Å². The van der Waals surface area contributed by atoms with Crippen LogP contribution in [0.3, 0.4) is 0 Å². The summed E-state index contributed by atoms with van der Waals surface area (Å²) in [5.74, 6) is 0. The van der Waals surface area contributed by atoms with Crippen LogP contribution in [0.2, 0.25) is 0 Å². The Balaban J connectivity index is 3.97. The van der Waals surface area contributed by atoms with Crippen LogP contribution in [0.15, 0.2) is 0 Å². The highest BCUT2D eigenvalue weighted by Gasteiger charge is 2.32. The van der Waals surface area contributed by atoms with E-state index in [0.29, 0.717) is 0 Å². The molecule has 0 rings (SSSR count). The zero-order valence-electron chi connectivity index (χ0n) is 6.76. The van der Waals surface area contributed by atoms with Gasteiger partial charge in [-0.1, -0.05) is 0 Å². The normalized spacial score (nSPS) is 17.0. The van der Waals surface area contributed by atoms with Crippen LogP contribution >= 0.6 is 40.9 Å². The minimum Gasteiger partial charge on any atom is -0.302 e. The van der Waals surface area contributed by atoms with Gasteiger partial charge in [0, 0.05) is 4.58 Å². The Hall–Kier alpha value is 0.960. The van der Waals surface area contributed by atoms with Crippen molar-refractivity contribution >= 4 is 40.9 Å². The lowest BCUT2D eigenvalue weighted by atomic mass is 10.5. The third kappa shape index (κ3) is 9.51. The number of thiol groups is 2. The molecular formula is C3H10O7P2S2. The van der Waals surface area contributed by atoms with Gasteiger partial charge in [0.2, 0.25) is 0 Å². The molecular weight excluding hydrogens is 274 g/mol. The zero-order chi connectivity index (χ0) is 11.4. The van der Waals surface area contributed by atoms with Crippen LogP contribution in [-0.4, -0.2) is 25.9 Å². The van der Waals surface area contributed by atoms with Crippen molar-refractivity contribution in [3.05, 3.63) is 0 Å². The van der Waals surface area contributed by atoms with Crippen LogP contribution in [0.25, 0.3) is 0 Å². The van der Waals surface area contributed by atoms with Gasteiger partial charge < -0.3 is 14.7 Å². The van der Waals surface area contributed by atoms with Crippen molar-refractivity contribution in [3.63, 3.8) is 0 Å². The van der Waals surface area contributed by atoms with Crippen molar-refractivity contribution in [3.8, 4) is 0 Å². The summed E-state index contributed by atoms with van der Waals surface area (Å²) in [6, 6.07) is 0. The second-order valence-corrected chi connectivity index (χ2v) is 6.63. The van der Waals surface area contributed by atoms with E-state index in [1.807, 2.05) is 0 Å². The predicted octanol–water partition coefficient (Wildman–Crippen LogP) is 0.788. The number of phosphoric ester groups is 1. The first-order valence-corrected chi connectivity index (χ1v) is 7.28. The van der Waals surface area contributed by atoms with Gasteiger partial charge in [-0.2, -0.15) is 29.6 Å². The molecule has 0 aliphatic carbocycles. The molecule has 0 fully saturated rings. The third-order valence-electron chi connectivity index (χ3n) is 0.840. The van der Waals surface area contributed by atoms with E-state index in [1.54, 1.807) is 0 Å². The van der Waals surface area contributed by atoms with Crippen LogP contribution in [-0.2, 0) is 18.0 Å². The molecule has 0 spiro atoms. The summed E-state index contributed by atoms with van der Waals surface area (Å²) in [5, 5.41) is 0. The van der Waals surface area contributed by atoms with E-state index < -0.39 is 15.6 Å². The Morgan fingerprint density at radius 2 is 1.71 bits per heavy atom. The van der Waals surface area contributed by atoms with Crippen molar-refractivity contribution in [2.45, 2.75) is 11.0 Å². The Morgan fingerprint density at radius 3 is 2.07 bits per heavy atom. The van der Waals surface area contributed by atoms with Crippen molar-refractivity contribution in [1.29, 1.82) is 0 Å². The van der Waals surface area contributed by atoms with Gasteiger partial charge in [0.25, 0.3) is 0 Å². The monoisotopic (exact) mass is 284 g/mol. The first kappa shape index (κ1) is 15.0. The largest absolute Gasteiger partial charge is 0.481 e. The van der Waals surface area contributed by atoms with Gasteiger partial charge in [-0.25, -0.2) is 9.13 Å². The second kappa shape index (κ2) is 5.89. The van der Waals surface area contributed by atoms with E-state index in [0.717, 1.165) is 0 Å². The molecule has 3 N–H and O–H groups in total. The summed E-state index contributed by atoms with van der Waals surface area (Å²) in [7, 11) is -9.73. The maximum atomic E-state index is 10.8. The number of hydrogen-bond donors (Lipinski definition) is 5. The summed E-state index contributed by atoms with van der Waals surface area (Å²) in [5.41, 5.74) is 0. The highest BCUT2D eigenvalue weighted by molar-refractivity contribution is 7.99. The molecule has 7 nitrogen and oxygen atoms in total. The molecule has 0 aliphatic heterocycles. The van der Waals surface area contributed by atoms with Gasteiger partial charge >= 0.3 is 15.6 Å². The van der Waals surface area contributed by atoms with Crippen molar-refractivity contribution in [1.82, 2.24) is 0 Å². The van der Waals surface area contributed by atoms with Crippen LogP contribution in [0, 0.1) is 0 Å². The molecule has 0 bridgehead atoms. The summed E-state index contributed by atoms with van der Waals surface area (Å²) in [6.45, 7) is -0.245. The van der Waals surface area contributed by atoms with Crippen LogP contribution in [0.1, 0.15) is 6.42 Å². The molecule has 0 aromatic carbocycles. The summed E-state index contributed by atoms with van der Waals surface area (Å²) in [4.78, 5) is 25.1. The van der Waals surface area contributed by atoms with E-state index in [-0.39, 0.29) is 17.6 Å². The highest BCUT2D eigenvalue weighted by Crippen LogP contribution is 2.57. The van der Waals surface area contributed by atoms with Crippen LogP contribution in [0.5, 0.6) is 0 Å². The SMILES string of the molecule is O=P(O)(O)OP(=O)(O)OCCC(S)S. The molecule has 11 heteroatoms. The molecule has 0 heterocycles. The molecule has 0 aliphatic rings. The maximum Gasteiger partial charge on any atom is 0.481 e. The average molecular weight is 284 g/mol. The van der Waals surface area contributed by atoms with Crippen LogP contribution < -0.4 is 0 Å². The number of rotatable bonds is 6. The lowest BCUT2D eigenvalue weighted by Gasteiger charge is -2.12. The van der Waals surface area contributed by atoms with Crippen LogP contribution in [0.4, 0.5) is 0 Å². The van der Waals surface area contributed by atoms with Gasteiger partial charge in [0.05, 0.1) is 6.61 Å². The average Bonchev–Trinajstić information content (AvgIpc) is 1.78. The van der Waals surface area contributed by atoms with E-state index in [9.17, 15) is 9.13 Å². The minimum absolute atomic E-state index is 0.224. The summed E-state index contributed by atoms with van der Waals surface area (Å²) < 4.78 is 28.3. The fraction of sp³-hybridized carbons (Fsp3) is 1.00. The second-order valence-electron chi connectivity index (χ2n) is 2.14. The molecule has 0 aromatic rings. The lowest BCUT2D eigenvalue weighted by molar-refractivity contribution is 0.178. The van der Waals surface area contributed by atoms with E-state index in [4.69, 9.17) is 14.7 Å². The molecule has 1 unspecified atom stereocenters. The van der Waals surface area contributed by atoms with E-state index in [1.165, 1.54) is 0 Å². The van der Waals surface area contributed by atoms with Gasteiger partial charge in [0.1, 0.15) is 0 Å². The molecule has 86 valence electrons. The Morgan fingerprint density at radius 1 is 1.21 bits per heavy atom. The molecule has 14 heavy (non-hydrogen) atoms. The highest BCUT2D eigenvalue weighted by atomic mass is 32.2. The molecule has 0 aromatic heterocycles. The number of hydrogen-bond acceptors (Lipinski definition) is 6. The maximum absolute atomic E-state index is 10.8. The Kier molecular flexibility index (Phi) is 6.29. The van der Waals surface area contributed by atoms with E-state index >= 15 is 0 Å². The smallest absolute Gasteiger partial charge is 0.302 e. The molecule has 0 amide bonds. The quantitative estimate of drug-likeness (QED) is 0.278. The topological polar surface area (TPSA) is 113 Å². The van der Waals surface area contributed by atoms with Gasteiger partial charge in [0.15, 0.2) is 0 Å². The molecule has 1 atom stereocenters. The van der Waals surface area contributed by atoms with Crippen molar-refractivity contribution in [2.75, 3.05) is 6.61 Å². The standard InChI is InChI=1S/C3H10O7P2S2/c4-11(5,6)10-12(7,8)9-2-1-3(13)14/h3,13-14H,1-2H2,(H,7,8)(H2,4,5,6). The fourth-order valence-electron chi connectivity index (χ4n) is 0.431. The van der Waals surface area contributed by atoms with Gasteiger partial charge in [-0.3, -0.25) is 4.52 Å². The molecule has 0 saturated heterocycles. The third-order valence-corrected chi connectivity index (χ3v) is 3.54. The minimum atomic E-state index is -5.03. The van der Waals surface area contributed by atoms with Crippen molar-refractivity contribution < 1.29 is 32.6 Å². The fourth-order valence-corrected chi connectivity index (χ4v) is 2.24. The number of phosphoric acid groups is 2. The first-order chi connectivity index (χ1) is 6.12. The Bertz CT molecular complexity index is 262. The first-order valence-electron chi connectivity index (χ1n) is 3.23. The van der Waals surface area contributed by atoms with E-state index in [2.05, 4.69) is 34.1 Å². The summed E-state index contributed by atoms with van der Waals surface area (Å²) >= 11 is 7.67. The van der Waals surface area contributed by atoms with Gasteiger partial charge in [-0.15, -0.1) is 0 Å². The van der Waals surface area contributed by atoms with Crippen molar-refractivity contribution in [2.24, 2.45) is 0 Å². The molecule has 0 radical (unpaired) electrons.